The lowest BCUT2D eigenvalue weighted by Gasteiger charge is -2.13. The summed E-state index contributed by atoms with van der Waals surface area (Å²) in [5.41, 5.74) is 5.08. The summed E-state index contributed by atoms with van der Waals surface area (Å²) in [7, 11) is 0. The van der Waals surface area contributed by atoms with Gasteiger partial charge in [-0.05, 0) is 85.7 Å². The SMILES string of the molecule is C[C@H](NC(=O)Oc1nn(-c2ccc(Cl)cc2Cl)c2c1CCCC/C2=C\c1ccc(F)cc1)c1ccccc1. The number of nitrogens with one attached hydrogen (secondary N) is 1. The van der Waals surface area contributed by atoms with E-state index in [1.54, 1.807) is 35.0 Å². The molecule has 1 aliphatic carbocycles. The Morgan fingerprint density at radius 1 is 1.05 bits per heavy atom. The summed E-state index contributed by atoms with van der Waals surface area (Å²) in [4.78, 5) is 13.0. The van der Waals surface area contributed by atoms with Crippen LogP contribution in [-0.4, -0.2) is 15.9 Å². The van der Waals surface area contributed by atoms with E-state index in [2.05, 4.69) is 5.32 Å². The molecule has 1 aromatic heterocycles. The molecule has 0 bridgehead atoms. The normalized spacial score (nSPS) is 15.0. The fourth-order valence-corrected chi connectivity index (χ4v) is 5.14. The number of allylic oxidation sites excluding steroid dienone is 1. The van der Waals surface area contributed by atoms with Gasteiger partial charge in [0, 0.05) is 10.6 Å². The quantitative estimate of drug-likeness (QED) is 0.254. The molecular formula is C30H26Cl2FN3O2. The zero-order valence-corrected chi connectivity index (χ0v) is 22.3. The molecule has 1 N–H and O–H groups in total. The van der Waals surface area contributed by atoms with Gasteiger partial charge in [-0.2, -0.15) is 0 Å². The highest BCUT2D eigenvalue weighted by molar-refractivity contribution is 6.35. The van der Waals surface area contributed by atoms with Gasteiger partial charge in [-0.3, -0.25) is 0 Å². The summed E-state index contributed by atoms with van der Waals surface area (Å²) in [5, 5.41) is 8.54. The molecule has 0 radical (unpaired) electrons. The lowest BCUT2D eigenvalue weighted by molar-refractivity contribution is 0.194. The number of ether oxygens (including phenoxy) is 1. The number of carbonyl (C=O) groups is 1. The van der Waals surface area contributed by atoms with Crippen molar-refractivity contribution in [2.24, 2.45) is 0 Å². The molecule has 0 unspecified atom stereocenters. The van der Waals surface area contributed by atoms with Crippen molar-refractivity contribution in [1.82, 2.24) is 15.1 Å². The molecule has 1 heterocycles. The van der Waals surface area contributed by atoms with E-state index in [1.807, 2.05) is 43.3 Å². The van der Waals surface area contributed by atoms with Crippen molar-refractivity contribution in [2.45, 2.75) is 38.6 Å². The largest absolute Gasteiger partial charge is 0.414 e. The van der Waals surface area contributed by atoms with E-state index in [1.165, 1.54) is 12.1 Å². The molecule has 0 spiro atoms. The zero-order valence-electron chi connectivity index (χ0n) is 20.8. The van der Waals surface area contributed by atoms with Crippen LogP contribution in [-0.2, 0) is 6.42 Å². The van der Waals surface area contributed by atoms with Gasteiger partial charge in [0.05, 0.1) is 22.4 Å². The lowest BCUT2D eigenvalue weighted by atomic mass is 10.0. The van der Waals surface area contributed by atoms with Gasteiger partial charge in [0.2, 0.25) is 5.88 Å². The fourth-order valence-electron chi connectivity index (χ4n) is 4.65. The molecule has 194 valence electrons. The molecule has 0 saturated carbocycles. The molecule has 4 aromatic rings. The standard InChI is InChI=1S/C30H26Cl2FN3O2/c1-19(21-7-3-2-4-8-21)34-30(37)38-29-25-10-6-5-9-22(17-20-11-14-24(33)15-12-20)28(25)36(35-29)27-16-13-23(31)18-26(27)32/h2-4,7-8,11-19H,5-6,9-10H2,1H3,(H,34,37)/b22-17+/t19-/m0/s1. The molecule has 0 saturated heterocycles. The van der Waals surface area contributed by atoms with E-state index in [0.29, 0.717) is 22.2 Å². The Kier molecular flexibility index (Phi) is 7.82. The van der Waals surface area contributed by atoms with E-state index in [0.717, 1.165) is 47.2 Å². The Morgan fingerprint density at radius 3 is 2.53 bits per heavy atom. The van der Waals surface area contributed by atoms with Crippen molar-refractivity contribution < 1.29 is 13.9 Å². The highest BCUT2D eigenvalue weighted by Crippen LogP contribution is 2.39. The minimum Gasteiger partial charge on any atom is -0.389 e. The van der Waals surface area contributed by atoms with Gasteiger partial charge in [0.15, 0.2) is 0 Å². The van der Waals surface area contributed by atoms with E-state index in [4.69, 9.17) is 33.0 Å². The number of fused-ring (bicyclic) bond motifs is 1. The maximum Gasteiger partial charge on any atom is 0.414 e. The summed E-state index contributed by atoms with van der Waals surface area (Å²) in [6.45, 7) is 1.90. The van der Waals surface area contributed by atoms with Crippen molar-refractivity contribution in [3.05, 3.63) is 111 Å². The second kappa shape index (κ2) is 11.4. The van der Waals surface area contributed by atoms with E-state index >= 15 is 0 Å². The number of halogens is 3. The first-order chi connectivity index (χ1) is 18.4. The first-order valence-corrected chi connectivity index (χ1v) is 13.2. The van der Waals surface area contributed by atoms with Crippen LogP contribution in [0.1, 0.15) is 54.6 Å². The Bertz CT molecular complexity index is 1480. The molecule has 1 aliphatic rings. The van der Waals surface area contributed by atoms with Crippen LogP contribution in [0.25, 0.3) is 17.3 Å². The second-order valence-corrected chi connectivity index (χ2v) is 10.1. The first kappa shape index (κ1) is 26.0. The molecule has 0 aliphatic heterocycles. The first-order valence-electron chi connectivity index (χ1n) is 12.5. The predicted molar refractivity (Wildman–Crippen MR) is 149 cm³/mol. The van der Waals surface area contributed by atoms with E-state index in [9.17, 15) is 9.18 Å². The van der Waals surface area contributed by atoms with Crippen molar-refractivity contribution in [3.8, 4) is 11.6 Å². The average molecular weight is 550 g/mol. The van der Waals surface area contributed by atoms with Crippen molar-refractivity contribution in [3.63, 3.8) is 0 Å². The van der Waals surface area contributed by atoms with Gasteiger partial charge in [-0.15, -0.1) is 5.10 Å². The summed E-state index contributed by atoms with van der Waals surface area (Å²) in [6, 6.07) is 20.9. The number of nitrogens with zero attached hydrogens (tertiary/aromatic N) is 2. The molecule has 1 atom stereocenters. The van der Waals surface area contributed by atoms with Crippen LogP contribution < -0.4 is 10.1 Å². The summed E-state index contributed by atoms with van der Waals surface area (Å²) in [5.74, 6) is -0.0613. The third kappa shape index (κ3) is 5.77. The zero-order chi connectivity index (χ0) is 26.6. The van der Waals surface area contributed by atoms with Crippen LogP contribution in [0.2, 0.25) is 10.0 Å². The molecule has 5 nitrogen and oxygen atoms in total. The minimum absolute atomic E-state index is 0.232. The van der Waals surface area contributed by atoms with Crippen molar-refractivity contribution in [2.75, 3.05) is 0 Å². The topological polar surface area (TPSA) is 56.1 Å². The Labute approximate surface area is 230 Å². The summed E-state index contributed by atoms with van der Waals surface area (Å²) >= 11 is 12.8. The van der Waals surface area contributed by atoms with Crippen LogP contribution in [0.4, 0.5) is 9.18 Å². The maximum absolute atomic E-state index is 13.5. The lowest BCUT2D eigenvalue weighted by Crippen LogP contribution is -2.29. The van der Waals surface area contributed by atoms with Crippen LogP contribution >= 0.6 is 23.2 Å². The van der Waals surface area contributed by atoms with E-state index in [-0.39, 0.29) is 17.7 Å². The van der Waals surface area contributed by atoms with Gasteiger partial charge in [0.1, 0.15) is 5.82 Å². The number of rotatable bonds is 5. The number of benzene rings is 3. The third-order valence-corrected chi connectivity index (χ3v) is 7.08. The molecule has 8 heteroatoms. The summed E-state index contributed by atoms with van der Waals surface area (Å²) in [6.07, 6.45) is 4.71. The number of amides is 1. The number of carbonyl (C=O) groups excluding carboxylic acids is 1. The molecule has 5 rings (SSSR count). The van der Waals surface area contributed by atoms with Gasteiger partial charge >= 0.3 is 6.09 Å². The Morgan fingerprint density at radius 2 is 1.79 bits per heavy atom. The average Bonchev–Trinajstić information content (AvgIpc) is 3.10. The monoisotopic (exact) mass is 549 g/mol. The van der Waals surface area contributed by atoms with E-state index < -0.39 is 6.09 Å². The highest BCUT2D eigenvalue weighted by atomic mass is 35.5. The number of hydrogen-bond donors (Lipinski definition) is 1. The predicted octanol–water partition coefficient (Wildman–Crippen LogP) is 8.43. The molecule has 38 heavy (non-hydrogen) atoms. The number of hydrogen-bond acceptors (Lipinski definition) is 3. The molecule has 0 fully saturated rings. The Hall–Kier alpha value is -3.61. The smallest absolute Gasteiger partial charge is 0.389 e. The van der Waals surface area contributed by atoms with Gasteiger partial charge in [-0.25, -0.2) is 13.9 Å². The number of aromatic nitrogens is 2. The van der Waals surface area contributed by atoms with Gasteiger partial charge in [0.25, 0.3) is 0 Å². The van der Waals surface area contributed by atoms with Crippen LogP contribution in [0.3, 0.4) is 0 Å². The van der Waals surface area contributed by atoms with Crippen LogP contribution in [0.15, 0.2) is 72.8 Å². The van der Waals surface area contributed by atoms with Crippen LogP contribution in [0, 0.1) is 5.82 Å². The molecule has 3 aromatic carbocycles. The minimum atomic E-state index is -0.593. The third-order valence-electron chi connectivity index (χ3n) is 6.55. The van der Waals surface area contributed by atoms with Crippen molar-refractivity contribution >= 4 is 40.9 Å². The van der Waals surface area contributed by atoms with Gasteiger partial charge in [-0.1, -0.05) is 65.7 Å². The van der Waals surface area contributed by atoms with Crippen molar-refractivity contribution in [1.29, 1.82) is 0 Å². The maximum atomic E-state index is 13.5. The highest BCUT2D eigenvalue weighted by Gasteiger charge is 2.27. The summed E-state index contributed by atoms with van der Waals surface area (Å²) < 4.78 is 21.1. The second-order valence-electron chi connectivity index (χ2n) is 9.23. The fraction of sp³-hybridized carbons (Fsp3) is 0.200. The Balaban J connectivity index is 1.56. The van der Waals surface area contributed by atoms with Crippen LogP contribution in [0.5, 0.6) is 5.88 Å². The molecular weight excluding hydrogens is 524 g/mol. The molecule has 1 amide bonds. The van der Waals surface area contributed by atoms with Gasteiger partial charge < -0.3 is 10.1 Å².